The molecule has 0 saturated heterocycles. The number of hydrogen-bond acceptors (Lipinski definition) is 7. The van der Waals surface area contributed by atoms with Gasteiger partial charge in [-0.25, -0.2) is 8.42 Å². The SMILES string of the molecule is CCc1cn2c3c(cc(C(=O)N[C@@H](Cc4ccccc4)[C@H](O)CNCc4cccc(OC)c4)cc13)N(C)S(=O)(=O)C2.O=CO. The van der Waals surface area contributed by atoms with E-state index in [4.69, 9.17) is 14.6 Å². The van der Waals surface area contributed by atoms with Crippen molar-refractivity contribution in [2.75, 3.05) is 25.0 Å². The second kappa shape index (κ2) is 14.4. The third kappa shape index (κ3) is 7.39. The average molecular weight is 623 g/mol. The van der Waals surface area contributed by atoms with Crippen molar-refractivity contribution in [3.8, 4) is 5.75 Å². The van der Waals surface area contributed by atoms with Crippen LogP contribution >= 0.6 is 0 Å². The van der Waals surface area contributed by atoms with Crippen LogP contribution in [0.4, 0.5) is 5.69 Å². The minimum atomic E-state index is -3.56. The van der Waals surface area contributed by atoms with Crippen LogP contribution in [0.2, 0.25) is 0 Å². The van der Waals surface area contributed by atoms with Crippen molar-refractivity contribution in [2.45, 2.75) is 44.3 Å². The summed E-state index contributed by atoms with van der Waals surface area (Å²) in [5.74, 6) is 0.254. The van der Waals surface area contributed by atoms with E-state index >= 15 is 0 Å². The van der Waals surface area contributed by atoms with Crippen LogP contribution in [0.3, 0.4) is 0 Å². The van der Waals surface area contributed by atoms with Gasteiger partial charge in [0.05, 0.1) is 30.5 Å². The first-order valence-corrected chi connectivity index (χ1v) is 15.8. The molecule has 234 valence electrons. The van der Waals surface area contributed by atoms with Crippen molar-refractivity contribution >= 4 is 39.0 Å². The zero-order chi connectivity index (χ0) is 31.9. The van der Waals surface area contributed by atoms with E-state index in [-0.39, 0.29) is 24.8 Å². The standard InChI is InChI=1S/C31H36N4O5S.CH2O2/c1-4-23-19-35-20-41(38,39)34(2)28-16-24(15-26(23)30(28)35)31(37)33-27(14-21-9-6-5-7-10-21)29(36)18-32-17-22-11-8-12-25(13-22)40-3;2-1-3/h5-13,15-16,19,27,29,32,36H,4,14,17-18,20H2,1-3H3,(H,33,37);1H,(H,2,3)/t27-,29+;/m0./s1. The Labute approximate surface area is 257 Å². The number of amides is 1. The molecule has 3 aromatic carbocycles. The van der Waals surface area contributed by atoms with Gasteiger partial charge in [0.15, 0.2) is 0 Å². The molecule has 0 saturated carbocycles. The van der Waals surface area contributed by atoms with Crippen LogP contribution in [-0.4, -0.2) is 68.4 Å². The van der Waals surface area contributed by atoms with Gasteiger partial charge in [-0.1, -0.05) is 49.4 Å². The van der Waals surface area contributed by atoms with Crippen molar-refractivity contribution < 1.29 is 33.0 Å². The number of rotatable bonds is 11. The lowest BCUT2D eigenvalue weighted by Gasteiger charge is -2.28. The van der Waals surface area contributed by atoms with Crippen LogP contribution in [0.25, 0.3) is 10.9 Å². The molecule has 11 nitrogen and oxygen atoms in total. The van der Waals surface area contributed by atoms with Crippen LogP contribution in [-0.2, 0) is 40.1 Å². The van der Waals surface area contributed by atoms with E-state index < -0.39 is 22.2 Å². The maximum atomic E-state index is 13.7. The van der Waals surface area contributed by atoms with Crippen LogP contribution in [0.5, 0.6) is 5.75 Å². The van der Waals surface area contributed by atoms with E-state index in [1.54, 1.807) is 17.7 Å². The Bertz CT molecular complexity index is 1710. The number of methoxy groups -OCH3 is 1. The fraction of sp³-hybridized carbons (Fsp3) is 0.312. The number of aliphatic hydroxyl groups is 1. The third-order valence-corrected chi connectivity index (χ3v) is 9.27. The molecule has 1 aliphatic rings. The van der Waals surface area contributed by atoms with E-state index in [1.165, 1.54) is 11.4 Å². The summed E-state index contributed by atoms with van der Waals surface area (Å²) in [6, 6.07) is 20.2. The summed E-state index contributed by atoms with van der Waals surface area (Å²) in [6.45, 7) is 2.54. The monoisotopic (exact) mass is 622 g/mol. The highest BCUT2D eigenvalue weighted by atomic mass is 32.2. The third-order valence-electron chi connectivity index (χ3n) is 7.63. The number of aromatic nitrogens is 1. The molecule has 0 unspecified atom stereocenters. The minimum absolute atomic E-state index is 0.132. The van der Waals surface area contributed by atoms with Gasteiger partial charge in [0, 0.05) is 37.3 Å². The highest BCUT2D eigenvalue weighted by Crippen LogP contribution is 2.37. The summed E-state index contributed by atoms with van der Waals surface area (Å²) in [5.41, 5.74) is 4.59. The number of anilines is 1. The number of carboxylic acid groups (broad SMARTS) is 1. The highest BCUT2D eigenvalue weighted by molar-refractivity contribution is 7.91. The molecular formula is C32H38N4O7S. The van der Waals surface area contributed by atoms with Gasteiger partial charge in [0.1, 0.15) is 11.6 Å². The van der Waals surface area contributed by atoms with E-state index in [0.717, 1.165) is 33.3 Å². The molecular weight excluding hydrogens is 584 g/mol. The largest absolute Gasteiger partial charge is 0.497 e. The first kappa shape index (κ1) is 32.5. The van der Waals surface area contributed by atoms with Gasteiger partial charge in [0.25, 0.3) is 22.4 Å². The Kier molecular flexibility index (Phi) is 10.6. The quantitative estimate of drug-likeness (QED) is 0.186. The first-order valence-electron chi connectivity index (χ1n) is 14.2. The number of nitrogens with zero attached hydrogens (tertiary/aromatic N) is 2. The van der Waals surface area contributed by atoms with Crippen LogP contribution in [0.15, 0.2) is 72.9 Å². The van der Waals surface area contributed by atoms with Crippen molar-refractivity contribution in [2.24, 2.45) is 0 Å². The molecule has 0 aliphatic carbocycles. The molecule has 1 aromatic heterocycles. The van der Waals surface area contributed by atoms with Crippen molar-refractivity contribution in [1.29, 1.82) is 0 Å². The molecule has 5 rings (SSSR count). The molecule has 0 spiro atoms. The maximum Gasteiger partial charge on any atom is 0.290 e. The molecule has 0 bridgehead atoms. The van der Waals surface area contributed by atoms with Gasteiger partial charge in [0.2, 0.25) is 0 Å². The summed E-state index contributed by atoms with van der Waals surface area (Å²) >= 11 is 0. The number of aliphatic hydroxyl groups excluding tert-OH is 1. The van der Waals surface area contributed by atoms with E-state index in [1.807, 2.05) is 73.8 Å². The zero-order valence-electron chi connectivity index (χ0n) is 24.9. The summed E-state index contributed by atoms with van der Waals surface area (Å²) in [6.07, 6.45) is 2.10. The second-order valence-corrected chi connectivity index (χ2v) is 12.5. The fourth-order valence-corrected chi connectivity index (χ4v) is 6.51. The summed E-state index contributed by atoms with van der Waals surface area (Å²) < 4.78 is 34.0. The molecule has 1 aliphatic heterocycles. The summed E-state index contributed by atoms with van der Waals surface area (Å²) in [7, 11) is -0.427. The molecule has 44 heavy (non-hydrogen) atoms. The Morgan fingerprint density at radius 1 is 1.09 bits per heavy atom. The van der Waals surface area contributed by atoms with Crippen LogP contribution in [0, 0.1) is 0 Å². The number of carbonyl (C=O) groups excluding carboxylic acids is 1. The maximum absolute atomic E-state index is 13.7. The predicted molar refractivity (Wildman–Crippen MR) is 169 cm³/mol. The zero-order valence-corrected chi connectivity index (χ0v) is 25.8. The van der Waals surface area contributed by atoms with Gasteiger partial charge >= 0.3 is 0 Å². The molecule has 4 N–H and O–H groups in total. The van der Waals surface area contributed by atoms with Crippen molar-refractivity contribution in [1.82, 2.24) is 15.2 Å². The molecule has 0 radical (unpaired) electrons. The number of carbonyl (C=O) groups is 2. The number of nitrogens with one attached hydrogen (secondary N) is 2. The first-order chi connectivity index (χ1) is 21.1. The van der Waals surface area contributed by atoms with Crippen molar-refractivity contribution in [3.05, 3.63) is 95.2 Å². The number of benzene rings is 3. The summed E-state index contributed by atoms with van der Waals surface area (Å²) in [4.78, 5) is 22.0. The van der Waals surface area contributed by atoms with E-state index in [9.17, 15) is 18.3 Å². The molecule has 2 atom stereocenters. The van der Waals surface area contributed by atoms with Crippen LogP contribution < -0.4 is 19.7 Å². The topological polar surface area (TPSA) is 150 Å². The Hall–Kier alpha value is -4.39. The summed E-state index contributed by atoms with van der Waals surface area (Å²) in [5, 5.41) is 25.3. The number of hydrogen-bond donors (Lipinski definition) is 4. The van der Waals surface area contributed by atoms with E-state index in [0.29, 0.717) is 30.6 Å². The lowest BCUT2D eigenvalue weighted by molar-refractivity contribution is -0.122. The Balaban J connectivity index is 0.00000141. The average Bonchev–Trinajstić information content (AvgIpc) is 3.37. The number of ether oxygens (including phenoxy) is 1. The van der Waals surface area contributed by atoms with Gasteiger partial charge < -0.3 is 30.2 Å². The molecule has 12 heteroatoms. The van der Waals surface area contributed by atoms with Crippen molar-refractivity contribution in [3.63, 3.8) is 0 Å². The van der Waals surface area contributed by atoms with Gasteiger partial charge in [-0.15, -0.1) is 0 Å². The Morgan fingerprint density at radius 3 is 2.48 bits per heavy atom. The van der Waals surface area contributed by atoms with Gasteiger partial charge in [-0.05, 0) is 53.8 Å². The molecule has 0 fully saturated rings. The smallest absolute Gasteiger partial charge is 0.290 e. The fourth-order valence-electron chi connectivity index (χ4n) is 5.35. The minimum Gasteiger partial charge on any atom is -0.497 e. The molecule has 4 aromatic rings. The van der Waals surface area contributed by atoms with Gasteiger partial charge in [-0.2, -0.15) is 0 Å². The Morgan fingerprint density at radius 2 is 1.80 bits per heavy atom. The highest BCUT2D eigenvalue weighted by Gasteiger charge is 2.31. The van der Waals surface area contributed by atoms with Crippen LogP contribution in [0.1, 0.15) is 34.0 Å². The molecule has 1 amide bonds. The number of sulfonamides is 1. The van der Waals surface area contributed by atoms with E-state index in [2.05, 4.69) is 10.6 Å². The predicted octanol–water partition coefficient (Wildman–Crippen LogP) is 3.14. The number of aryl methyl sites for hydroxylation is 1. The normalized spacial score (nSPS) is 14.7. The molecule has 2 heterocycles. The van der Waals surface area contributed by atoms with Gasteiger partial charge in [-0.3, -0.25) is 13.9 Å². The lowest BCUT2D eigenvalue weighted by atomic mass is 9.99. The second-order valence-electron chi connectivity index (χ2n) is 10.5. The lowest BCUT2D eigenvalue weighted by Crippen LogP contribution is -2.48.